The zero-order valence-corrected chi connectivity index (χ0v) is 15.4. The standard InChI is InChI=1S/C17H15BrN2O5/c1-9(2)12-8-13(10(3)7-15(12)21)19-25-17(22)11-5-4-6-14(16(11)18)20(23)24/h4-9H,1-3H3/b19-13+. The largest absolute Gasteiger partial charge is 0.367 e. The molecule has 0 aromatic heterocycles. The predicted octanol–water partition coefficient (Wildman–Crippen LogP) is 3.98. The number of halogens is 1. The van der Waals surface area contributed by atoms with Crippen LogP contribution in [0.1, 0.15) is 31.1 Å². The molecule has 0 heterocycles. The Balaban J connectivity index is 2.29. The van der Waals surface area contributed by atoms with Crippen LogP contribution in [-0.4, -0.2) is 22.4 Å². The maximum atomic E-state index is 12.2. The number of nitrogens with zero attached hydrogens (tertiary/aromatic N) is 2. The monoisotopic (exact) mass is 406 g/mol. The van der Waals surface area contributed by atoms with Crippen LogP contribution in [-0.2, 0) is 9.63 Å². The minimum atomic E-state index is -0.840. The van der Waals surface area contributed by atoms with Crippen molar-refractivity contribution in [2.24, 2.45) is 11.1 Å². The van der Waals surface area contributed by atoms with E-state index in [1.807, 2.05) is 13.8 Å². The Morgan fingerprint density at radius 1 is 1.32 bits per heavy atom. The summed E-state index contributed by atoms with van der Waals surface area (Å²) in [6.45, 7) is 5.44. The van der Waals surface area contributed by atoms with Gasteiger partial charge in [-0.1, -0.05) is 25.1 Å². The quantitative estimate of drug-likeness (QED) is 0.325. The van der Waals surface area contributed by atoms with Crippen LogP contribution in [0.2, 0.25) is 0 Å². The maximum Gasteiger partial charge on any atom is 0.367 e. The molecule has 1 aromatic rings. The molecule has 0 amide bonds. The van der Waals surface area contributed by atoms with E-state index in [9.17, 15) is 19.7 Å². The topological polar surface area (TPSA) is 98.9 Å². The van der Waals surface area contributed by atoms with Crippen LogP contribution in [0.25, 0.3) is 0 Å². The highest BCUT2D eigenvalue weighted by atomic mass is 79.9. The zero-order chi connectivity index (χ0) is 18.7. The van der Waals surface area contributed by atoms with E-state index in [4.69, 9.17) is 4.84 Å². The van der Waals surface area contributed by atoms with Crippen LogP contribution in [0, 0.1) is 16.0 Å². The molecular formula is C17H15BrN2O5. The SMILES string of the molecule is CC1=CC(=O)C(C(C)C)=C/C1=N\OC(=O)c1cccc([N+](=O)[O-])c1Br. The summed E-state index contributed by atoms with van der Waals surface area (Å²) in [6.07, 6.45) is 3.02. The summed E-state index contributed by atoms with van der Waals surface area (Å²) in [6, 6.07) is 4.04. The molecule has 1 aromatic carbocycles. The van der Waals surface area contributed by atoms with Gasteiger partial charge in [0, 0.05) is 11.6 Å². The number of carbonyl (C=O) groups excluding carboxylic acids is 2. The number of allylic oxidation sites excluding steroid dienone is 4. The molecule has 0 radical (unpaired) electrons. The molecule has 0 saturated carbocycles. The molecule has 0 atom stereocenters. The van der Waals surface area contributed by atoms with Crippen LogP contribution in [0.4, 0.5) is 5.69 Å². The molecule has 7 nitrogen and oxygen atoms in total. The summed E-state index contributed by atoms with van der Waals surface area (Å²) in [5, 5.41) is 14.7. The Morgan fingerprint density at radius 2 is 2.00 bits per heavy atom. The first-order valence-electron chi connectivity index (χ1n) is 7.39. The molecule has 0 N–H and O–H groups in total. The fourth-order valence-electron chi connectivity index (χ4n) is 2.19. The number of nitro groups is 1. The smallest absolute Gasteiger partial charge is 0.312 e. The van der Waals surface area contributed by atoms with Gasteiger partial charge in [-0.3, -0.25) is 14.9 Å². The lowest BCUT2D eigenvalue weighted by molar-refractivity contribution is -0.385. The van der Waals surface area contributed by atoms with E-state index in [0.717, 1.165) is 0 Å². The van der Waals surface area contributed by atoms with Gasteiger partial charge in [0.25, 0.3) is 5.69 Å². The van der Waals surface area contributed by atoms with Crippen LogP contribution in [0.3, 0.4) is 0 Å². The summed E-state index contributed by atoms with van der Waals surface area (Å²) in [7, 11) is 0. The molecule has 0 fully saturated rings. The third-order valence-corrected chi connectivity index (χ3v) is 4.41. The second kappa shape index (κ2) is 7.52. The van der Waals surface area contributed by atoms with E-state index in [1.165, 1.54) is 24.3 Å². The number of ketones is 1. The van der Waals surface area contributed by atoms with E-state index in [-0.39, 0.29) is 27.4 Å². The molecule has 1 aliphatic rings. The van der Waals surface area contributed by atoms with Crippen molar-refractivity contribution in [2.45, 2.75) is 20.8 Å². The number of rotatable bonds is 4. The fourth-order valence-corrected chi connectivity index (χ4v) is 2.76. The first-order valence-corrected chi connectivity index (χ1v) is 8.18. The maximum absolute atomic E-state index is 12.2. The summed E-state index contributed by atoms with van der Waals surface area (Å²) >= 11 is 3.04. The average Bonchev–Trinajstić information content (AvgIpc) is 2.53. The Kier molecular flexibility index (Phi) is 5.63. The molecule has 8 heteroatoms. The summed E-state index contributed by atoms with van der Waals surface area (Å²) < 4.78 is 0.0229. The van der Waals surface area contributed by atoms with Gasteiger partial charge < -0.3 is 4.84 Å². The van der Waals surface area contributed by atoms with Crippen molar-refractivity contribution in [2.75, 3.05) is 0 Å². The normalized spacial score (nSPS) is 15.9. The molecule has 0 saturated heterocycles. The highest BCUT2D eigenvalue weighted by Crippen LogP contribution is 2.29. The Morgan fingerprint density at radius 3 is 2.60 bits per heavy atom. The fraction of sp³-hybridized carbons (Fsp3) is 0.235. The third kappa shape index (κ3) is 4.08. The van der Waals surface area contributed by atoms with Gasteiger partial charge >= 0.3 is 5.97 Å². The van der Waals surface area contributed by atoms with Gasteiger partial charge in [0.1, 0.15) is 10.2 Å². The molecular weight excluding hydrogens is 392 g/mol. The van der Waals surface area contributed by atoms with Crippen molar-refractivity contribution in [1.29, 1.82) is 0 Å². The molecule has 0 spiro atoms. The molecule has 0 unspecified atom stereocenters. The lowest BCUT2D eigenvalue weighted by atomic mass is 9.90. The van der Waals surface area contributed by atoms with E-state index in [1.54, 1.807) is 13.0 Å². The molecule has 2 rings (SSSR count). The van der Waals surface area contributed by atoms with Gasteiger partial charge in [0.05, 0.1) is 10.5 Å². The molecule has 0 bridgehead atoms. The first kappa shape index (κ1) is 18.7. The molecule has 25 heavy (non-hydrogen) atoms. The van der Waals surface area contributed by atoms with Crippen LogP contribution >= 0.6 is 15.9 Å². The minimum absolute atomic E-state index is 0.00340. The highest BCUT2D eigenvalue weighted by Gasteiger charge is 2.22. The first-order chi connectivity index (χ1) is 11.7. The van der Waals surface area contributed by atoms with Crippen molar-refractivity contribution in [3.8, 4) is 0 Å². The zero-order valence-electron chi connectivity index (χ0n) is 13.8. The minimum Gasteiger partial charge on any atom is -0.312 e. The molecule has 0 aliphatic heterocycles. The number of carbonyl (C=O) groups is 2. The van der Waals surface area contributed by atoms with Crippen molar-refractivity contribution in [3.63, 3.8) is 0 Å². The Hall–Kier alpha value is -2.61. The van der Waals surface area contributed by atoms with Crippen LogP contribution in [0.15, 0.2) is 51.1 Å². The highest BCUT2D eigenvalue weighted by molar-refractivity contribution is 9.10. The number of hydrogen-bond donors (Lipinski definition) is 0. The van der Waals surface area contributed by atoms with E-state index < -0.39 is 10.9 Å². The van der Waals surface area contributed by atoms with E-state index >= 15 is 0 Å². The van der Waals surface area contributed by atoms with Gasteiger partial charge in [0.2, 0.25) is 0 Å². The molecule has 1 aliphatic carbocycles. The number of oxime groups is 1. The van der Waals surface area contributed by atoms with E-state index in [0.29, 0.717) is 16.9 Å². The van der Waals surface area contributed by atoms with E-state index in [2.05, 4.69) is 21.1 Å². The Labute approximate surface area is 152 Å². The van der Waals surface area contributed by atoms with Crippen LogP contribution in [0.5, 0.6) is 0 Å². The van der Waals surface area contributed by atoms with Gasteiger partial charge in [0.15, 0.2) is 5.78 Å². The van der Waals surface area contributed by atoms with Crippen molar-refractivity contribution in [3.05, 3.63) is 61.6 Å². The lowest BCUT2D eigenvalue weighted by Crippen LogP contribution is -2.16. The Bertz CT molecular complexity index is 853. The molecule has 130 valence electrons. The summed E-state index contributed by atoms with van der Waals surface area (Å²) in [4.78, 5) is 39.3. The lowest BCUT2D eigenvalue weighted by Gasteiger charge is -2.14. The van der Waals surface area contributed by atoms with Crippen molar-refractivity contribution >= 4 is 39.1 Å². The van der Waals surface area contributed by atoms with Crippen molar-refractivity contribution in [1.82, 2.24) is 0 Å². The second-order valence-corrected chi connectivity index (χ2v) is 6.49. The van der Waals surface area contributed by atoms with Crippen LogP contribution < -0.4 is 0 Å². The van der Waals surface area contributed by atoms with Gasteiger partial charge in [-0.05, 0) is 52.6 Å². The van der Waals surface area contributed by atoms with Gasteiger partial charge in [-0.25, -0.2) is 4.79 Å². The summed E-state index contributed by atoms with van der Waals surface area (Å²) in [5.41, 5.74) is 1.24. The number of hydrogen-bond acceptors (Lipinski definition) is 6. The average molecular weight is 407 g/mol. The van der Waals surface area contributed by atoms with Gasteiger partial charge in [-0.15, -0.1) is 0 Å². The summed E-state index contributed by atoms with van der Waals surface area (Å²) in [5.74, 6) is -0.935. The number of nitro benzene ring substituents is 1. The number of benzene rings is 1. The van der Waals surface area contributed by atoms with Gasteiger partial charge in [-0.2, -0.15) is 0 Å². The van der Waals surface area contributed by atoms with Crippen molar-refractivity contribution < 1.29 is 19.3 Å². The second-order valence-electron chi connectivity index (χ2n) is 5.70. The third-order valence-electron chi connectivity index (χ3n) is 3.57. The predicted molar refractivity (Wildman–Crippen MR) is 95.3 cm³/mol.